The molecule has 1 aliphatic rings. The molecule has 5 nitrogen and oxygen atoms in total. The molecule has 2 amide bonds. The molecular formula is C25H22ClFN2O3. The highest BCUT2D eigenvalue weighted by atomic mass is 35.5. The average Bonchev–Trinajstić information content (AvgIpc) is 2.90. The number of hydrogen-bond donors (Lipinski definition) is 1. The van der Waals surface area contributed by atoms with Crippen molar-refractivity contribution < 1.29 is 18.7 Å². The summed E-state index contributed by atoms with van der Waals surface area (Å²) in [5.41, 5.74) is 2.29. The second-order valence-electron chi connectivity index (χ2n) is 7.86. The number of hydrogen-bond acceptors (Lipinski definition) is 3. The lowest BCUT2D eigenvalue weighted by atomic mass is 9.95. The van der Waals surface area contributed by atoms with Crippen LogP contribution in [0.4, 0.5) is 10.1 Å². The van der Waals surface area contributed by atoms with Crippen LogP contribution in [0.15, 0.2) is 66.7 Å². The van der Waals surface area contributed by atoms with Crippen LogP contribution in [-0.4, -0.2) is 29.4 Å². The van der Waals surface area contributed by atoms with Crippen LogP contribution in [0, 0.1) is 5.82 Å². The highest BCUT2D eigenvalue weighted by molar-refractivity contribution is 6.30. The van der Waals surface area contributed by atoms with E-state index in [9.17, 15) is 14.0 Å². The Morgan fingerprint density at radius 3 is 2.44 bits per heavy atom. The molecular weight excluding hydrogens is 431 g/mol. The summed E-state index contributed by atoms with van der Waals surface area (Å²) >= 11 is 6.26. The molecule has 4 rings (SSSR count). The van der Waals surface area contributed by atoms with E-state index in [1.54, 1.807) is 54.6 Å². The molecule has 0 bridgehead atoms. The maximum atomic E-state index is 13.6. The number of anilines is 1. The monoisotopic (exact) mass is 452 g/mol. The number of nitrogens with zero attached hydrogens (tertiary/aromatic N) is 1. The third-order valence-electron chi connectivity index (χ3n) is 5.13. The van der Waals surface area contributed by atoms with Gasteiger partial charge < -0.3 is 15.0 Å². The van der Waals surface area contributed by atoms with Crippen molar-refractivity contribution in [3.8, 4) is 5.75 Å². The Labute approximate surface area is 190 Å². The first kappa shape index (κ1) is 21.8. The fourth-order valence-corrected chi connectivity index (χ4v) is 3.97. The minimum Gasteiger partial charge on any atom is -0.491 e. The summed E-state index contributed by atoms with van der Waals surface area (Å²) in [6.07, 6.45) is 0.00922. The summed E-state index contributed by atoms with van der Waals surface area (Å²) in [5, 5.41) is 3.31. The van der Waals surface area contributed by atoms with Crippen LogP contribution in [0.25, 0.3) is 0 Å². The number of halogens is 2. The van der Waals surface area contributed by atoms with E-state index in [2.05, 4.69) is 5.32 Å². The van der Waals surface area contributed by atoms with Gasteiger partial charge in [0.15, 0.2) is 0 Å². The van der Waals surface area contributed by atoms with Gasteiger partial charge in [0.25, 0.3) is 5.91 Å². The van der Waals surface area contributed by atoms with Crippen LogP contribution in [0.1, 0.15) is 41.4 Å². The third kappa shape index (κ3) is 4.60. The molecule has 1 atom stereocenters. The van der Waals surface area contributed by atoms with E-state index in [-0.39, 0.29) is 30.3 Å². The van der Waals surface area contributed by atoms with Crippen molar-refractivity contribution in [1.82, 2.24) is 4.90 Å². The molecule has 1 aliphatic heterocycles. The summed E-state index contributed by atoms with van der Waals surface area (Å²) in [5.74, 6) is -0.399. The second kappa shape index (κ2) is 9.01. The molecule has 164 valence electrons. The predicted molar refractivity (Wildman–Crippen MR) is 122 cm³/mol. The van der Waals surface area contributed by atoms with Gasteiger partial charge in [-0.15, -0.1) is 0 Å². The molecule has 3 aromatic rings. The van der Waals surface area contributed by atoms with E-state index in [1.165, 1.54) is 17.0 Å². The second-order valence-corrected chi connectivity index (χ2v) is 8.29. The first-order valence-corrected chi connectivity index (χ1v) is 10.6. The Morgan fingerprint density at radius 2 is 1.78 bits per heavy atom. The van der Waals surface area contributed by atoms with Gasteiger partial charge in [0.1, 0.15) is 18.1 Å². The van der Waals surface area contributed by atoms with Crippen molar-refractivity contribution in [2.75, 3.05) is 11.9 Å². The maximum absolute atomic E-state index is 13.6. The summed E-state index contributed by atoms with van der Waals surface area (Å²) in [4.78, 5) is 27.7. The Bertz CT molecular complexity index is 1150. The zero-order valence-electron chi connectivity index (χ0n) is 17.6. The van der Waals surface area contributed by atoms with Crippen LogP contribution in [-0.2, 0) is 4.79 Å². The van der Waals surface area contributed by atoms with E-state index in [0.717, 1.165) is 0 Å². The molecule has 0 saturated carbocycles. The molecule has 0 radical (unpaired) electrons. The number of rotatable bonds is 4. The fraction of sp³-hybridized carbons (Fsp3) is 0.200. The van der Waals surface area contributed by atoms with E-state index < -0.39 is 6.04 Å². The zero-order chi connectivity index (χ0) is 22.8. The molecule has 3 aromatic carbocycles. The number of carbonyl (C=O) groups is 2. The van der Waals surface area contributed by atoms with Crippen molar-refractivity contribution in [3.05, 3.63) is 94.3 Å². The topological polar surface area (TPSA) is 58.6 Å². The van der Waals surface area contributed by atoms with Gasteiger partial charge in [-0.05, 0) is 74.0 Å². The minimum atomic E-state index is -0.637. The molecule has 0 fully saturated rings. The number of ether oxygens (including phenoxy) is 1. The van der Waals surface area contributed by atoms with E-state index in [1.807, 2.05) is 13.8 Å². The summed E-state index contributed by atoms with van der Waals surface area (Å²) in [6, 6.07) is 17.1. The largest absolute Gasteiger partial charge is 0.491 e. The first-order chi connectivity index (χ1) is 15.3. The van der Waals surface area contributed by atoms with Crippen LogP contribution in [0.2, 0.25) is 5.02 Å². The van der Waals surface area contributed by atoms with Crippen molar-refractivity contribution in [1.29, 1.82) is 0 Å². The lowest BCUT2D eigenvalue weighted by Gasteiger charge is -2.31. The Morgan fingerprint density at radius 1 is 1.09 bits per heavy atom. The van der Waals surface area contributed by atoms with Gasteiger partial charge in [-0.2, -0.15) is 0 Å². The number of nitrogens with one attached hydrogen (secondary N) is 1. The van der Waals surface area contributed by atoms with Crippen LogP contribution in [0.3, 0.4) is 0 Å². The zero-order valence-corrected chi connectivity index (χ0v) is 18.4. The number of amides is 2. The van der Waals surface area contributed by atoms with Crippen molar-refractivity contribution in [2.24, 2.45) is 0 Å². The SMILES string of the molecule is CC(C)Oc1ccc(C(=O)N2CC(=O)Nc3ccc(Cl)cc3C2c2ccc(F)cc2)cc1. The van der Waals surface area contributed by atoms with Gasteiger partial charge in [-0.25, -0.2) is 4.39 Å². The highest BCUT2D eigenvalue weighted by Gasteiger charge is 2.34. The van der Waals surface area contributed by atoms with Gasteiger partial charge in [0.2, 0.25) is 5.91 Å². The van der Waals surface area contributed by atoms with Gasteiger partial charge in [-0.3, -0.25) is 9.59 Å². The van der Waals surface area contributed by atoms with Crippen LogP contribution < -0.4 is 10.1 Å². The van der Waals surface area contributed by atoms with E-state index in [4.69, 9.17) is 16.3 Å². The standard InChI is InChI=1S/C25H22ClFN2O3/c1-15(2)32-20-10-5-17(6-11-20)25(31)29-14-23(30)28-22-12-7-18(26)13-21(22)24(29)16-3-8-19(27)9-4-16/h3-13,15,24H,14H2,1-2H3,(H,28,30). The molecule has 0 aliphatic carbocycles. The van der Waals surface area contributed by atoms with Gasteiger partial charge in [0, 0.05) is 21.8 Å². The average molecular weight is 453 g/mol. The van der Waals surface area contributed by atoms with Gasteiger partial charge in [-0.1, -0.05) is 23.7 Å². The highest BCUT2D eigenvalue weighted by Crippen LogP contribution is 2.38. The Kier molecular flexibility index (Phi) is 6.15. The quantitative estimate of drug-likeness (QED) is 0.572. The minimum absolute atomic E-state index is 0.00922. The normalized spacial score (nSPS) is 15.7. The smallest absolute Gasteiger partial charge is 0.255 e. The van der Waals surface area contributed by atoms with E-state index >= 15 is 0 Å². The predicted octanol–water partition coefficient (Wildman–Crippen LogP) is 5.45. The first-order valence-electron chi connectivity index (χ1n) is 10.2. The fourth-order valence-electron chi connectivity index (χ4n) is 3.78. The molecule has 1 heterocycles. The lowest BCUT2D eigenvalue weighted by Crippen LogP contribution is -2.39. The summed E-state index contributed by atoms with van der Waals surface area (Å²) in [6.45, 7) is 3.67. The molecule has 0 spiro atoms. The molecule has 0 saturated heterocycles. The van der Waals surface area contributed by atoms with Crippen molar-refractivity contribution in [2.45, 2.75) is 26.0 Å². The summed E-state index contributed by atoms with van der Waals surface area (Å²) in [7, 11) is 0. The molecule has 32 heavy (non-hydrogen) atoms. The van der Waals surface area contributed by atoms with Crippen molar-refractivity contribution in [3.63, 3.8) is 0 Å². The Balaban J connectivity index is 1.79. The van der Waals surface area contributed by atoms with Crippen LogP contribution >= 0.6 is 11.6 Å². The number of carbonyl (C=O) groups excluding carboxylic acids is 2. The number of benzene rings is 3. The summed E-state index contributed by atoms with van der Waals surface area (Å²) < 4.78 is 19.3. The molecule has 0 aromatic heterocycles. The lowest BCUT2D eigenvalue weighted by molar-refractivity contribution is -0.117. The van der Waals surface area contributed by atoms with Crippen molar-refractivity contribution >= 4 is 29.1 Å². The van der Waals surface area contributed by atoms with Gasteiger partial charge >= 0.3 is 0 Å². The molecule has 7 heteroatoms. The van der Waals surface area contributed by atoms with Gasteiger partial charge in [0.05, 0.1) is 12.1 Å². The molecule has 1 unspecified atom stereocenters. The maximum Gasteiger partial charge on any atom is 0.255 e. The third-order valence-corrected chi connectivity index (χ3v) is 5.36. The van der Waals surface area contributed by atoms with E-state index in [0.29, 0.717) is 33.1 Å². The Hall–Kier alpha value is -3.38. The van der Waals surface area contributed by atoms with Crippen LogP contribution in [0.5, 0.6) is 5.75 Å². The molecule has 1 N–H and O–H groups in total. The number of fused-ring (bicyclic) bond motifs is 1.